The van der Waals surface area contributed by atoms with Crippen LogP contribution in [0.3, 0.4) is 0 Å². The molecule has 20 heavy (non-hydrogen) atoms. The highest BCUT2D eigenvalue weighted by molar-refractivity contribution is 5.97. The summed E-state index contributed by atoms with van der Waals surface area (Å²) in [4.78, 5) is 11.9. The molecule has 2 aromatic rings. The van der Waals surface area contributed by atoms with Crippen molar-refractivity contribution in [3.8, 4) is 11.5 Å². The molecule has 2 rings (SSSR count). The summed E-state index contributed by atoms with van der Waals surface area (Å²) in [6, 6.07) is 12.3. The van der Waals surface area contributed by atoms with Crippen molar-refractivity contribution in [2.24, 2.45) is 0 Å². The number of phenols is 2. The Balaban J connectivity index is 1.96. The van der Waals surface area contributed by atoms with E-state index in [1.54, 1.807) is 0 Å². The molecule has 2 aromatic carbocycles. The fourth-order valence-corrected chi connectivity index (χ4v) is 2.01. The monoisotopic (exact) mass is 271 g/mol. The van der Waals surface area contributed by atoms with E-state index in [0.29, 0.717) is 6.54 Å². The van der Waals surface area contributed by atoms with Gasteiger partial charge in [-0.15, -0.1) is 0 Å². The van der Waals surface area contributed by atoms with E-state index in [9.17, 15) is 15.0 Å². The number of hydrogen-bond donors (Lipinski definition) is 3. The van der Waals surface area contributed by atoms with E-state index in [2.05, 4.69) is 5.32 Å². The summed E-state index contributed by atoms with van der Waals surface area (Å²) in [6.07, 6.45) is 0.720. The van der Waals surface area contributed by atoms with Gasteiger partial charge in [-0.25, -0.2) is 0 Å². The minimum Gasteiger partial charge on any atom is -0.504 e. The molecule has 0 unspecified atom stereocenters. The first-order valence-electron chi connectivity index (χ1n) is 6.43. The van der Waals surface area contributed by atoms with E-state index < -0.39 is 5.91 Å². The van der Waals surface area contributed by atoms with Crippen LogP contribution in [-0.2, 0) is 6.42 Å². The number of amides is 1. The average molecular weight is 271 g/mol. The predicted molar refractivity (Wildman–Crippen MR) is 77.0 cm³/mol. The molecule has 0 fully saturated rings. The highest BCUT2D eigenvalue weighted by Crippen LogP contribution is 2.27. The SMILES string of the molecule is Cc1ccccc1CCNC(=O)c1cccc(O)c1O. The third-order valence-corrected chi connectivity index (χ3v) is 3.20. The first-order chi connectivity index (χ1) is 9.59. The number of carbonyl (C=O) groups is 1. The van der Waals surface area contributed by atoms with Gasteiger partial charge >= 0.3 is 0 Å². The summed E-state index contributed by atoms with van der Waals surface area (Å²) >= 11 is 0. The standard InChI is InChI=1S/C16H17NO3/c1-11-5-2-3-6-12(11)9-10-17-16(20)13-7-4-8-14(18)15(13)19/h2-8,18-19H,9-10H2,1H3,(H,17,20). The maximum Gasteiger partial charge on any atom is 0.255 e. The van der Waals surface area contributed by atoms with Gasteiger partial charge in [-0.2, -0.15) is 0 Å². The molecule has 4 nitrogen and oxygen atoms in total. The quantitative estimate of drug-likeness (QED) is 0.748. The Morgan fingerprint density at radius 2 is 1.85 bits per heavy atom. The fourth-order valence-electron chi connectivity index (χ4n) is 2.01. The Morgan fingerprint density at radius 3 is 2.60 bits per heavy atom. The van der Waals surface area contributed by atoms with E-state index in [0.717, 1.165) is 6.42 Å². The first-order valence-corrected chi connectivity index (χ1v) is 6.43. The van der Waals surface area contributed by atoms with Gasteiger partial charge in [0.15, 0.2) is 11.5 Å². The maximum atomic E-state index is 11.9. The summed E-state index contributed by atoms with van der Waals surface area (Å²) in [7, 11) is 0. The van der Waals surface area contributed by atoms with E-state index >= 15 is 0 Å². The first kappa shape index (κ1) is 13.9. The number of rotatable bonds is 4. The third kappa shape index (κ3) is 3.09. The molecule has 0 bridgehead atoms. The number of aromatic hydroxyl groups is 2. The van der Waals surface area contributed by atoms with Crippen molar-refractivity contribution in [2.75, 3.05) is 6.54 Å². The Morgan fingerprint density at radius 1 is 1.10 bits per heavy atom. The van der Waals surface area contributed by atoms with Crippen molar-refractivity contribution in [1.82, 2.24) is 5.32 Å². The molecular formula is C16H17NO3. The molecular weight excluding hydrogens is 254 g/mol. The van der Waals surface area contributed by atoms with Crippen LogP contribution in [-0.4, -0.2) is 22.7 Å². The van der Waals surface area contributed by atoms with Crippen molar-refractivity contribution < 1.29 is 15.0 Å². The van der Waals surface area contributed by atoms with Gasteiger partial charge < -0.3 is 15.5 Å². The van der Waals surface area contributed by atoms with Gasteiger partial charge in [0.1, 0.15) is 0 Å². The molecule has 0 aliphatic rings. The second-order valence-electron chi connectivity index (χ2n) is 4.61. The normalized spacial score (nSPS) is 10.2. The minimum absolute atomic E-state index is 0.0785. The maximum absolute atomic E-state index is 11.9. The number of hydrogen-bond acceptors (Lipinski definition) is 3. The molecule has 0 saturated heterocycles. The molecule has 0 saturated carbocycles. The predicted octanol–water partition coefficient (Wildman–Crippen LogP) is 2.38. The zero-order valence-electron chi connectivity index (χ0n) is 11.3. The molecule has 0 aromatic heterocycles. The fraction of sp³-hybridized carbons (Fsp3) is 0.188. The van der Waals surface area contributed by atoms with E-state index in [4.69, 9.17) is 0 Å². The molecule has 0 aliphatic heterocycles. The van der Waals surface area contributed by atoms with Crippen LogP contribution in [0.25, 0.3) is 0 Å². The van der Waals surface area contributed by atoms with Crippen molar-refractivity contribution >= 4 is 5.91 Å². The van der Waals surface area contributed by atoms with Gasteiger partial charge in [0.05, 0.1) is 5.56 Å². The topological polar surface area (TPSA) is 69.6 Å². The van der Waals surface area contributed by atoms with E-state index in [1.165, 1.54) is 29.3 Å². The van der Waals surface area contributed by atoms with Crippen molar-refractivity contribution in [3.05, 3.63) is 59.2 Å². The molecule has 3 N–H and O–H groups in total. The van der Waals surface area contributed by atoms with Crippen LogP contribution in [0.2, 0.25) is 0 Å². The van der Waals surface area contributed by atoms with Gasteiger partial charge in [-0.3, -0.25) is 4.79 Å². The minimum atomic E-state index is -0.396. The molecule has 0 spiro atoms. The van der Waals surface area contributed by atoms with Crippen LogP contribution in [0.4, 0.5) is 0 Å². The van der Waals surface area contributed by atoms with Crippen LogP contribution in [0.5, 0.6) is 11.5 Å². The van der Waals surface area contributed by atoms with Crippen molar-refractivity contribution in [1.29, 1.82) is 0 Å². The molecule has 0 atom stereocenters. The largest absolute Gasteiger partial charge is 0.504 e. The molecule has 0 heterocycles. The molecule has 1 amide bonds. The van der Waals surface area contributed by atoms with Crippen LogP contribution >= 0.6 is 0 Å². The Kier molecular flexibility index (Phi) is 4.25. The second kappa shape index (κ2) is 6.10. The second-order valence-corrected chi connectivity index (χ2v) is 4.61. The summed E-state index contributed by atoms with van der Waals surface area (Å²) < 4.78 is 0. The van der Waals surface area contributed by atoms with Crippen LogP contribution in [0.1, 0.15) is 21.5 Å². The number of aryl methyl sites for hydroxylation is 1. The van der Waals surface area contributed by atoms with Gasteiger partial charge in [0.25, 0.3) is 5.91 Å². The van der Waals surface area contributed by atoms with Gasteiger partial charge in [0, 0.05) is 6.54 Å². The number of carbonyl (C=O) groups excluding carboxylic acids is 1. The average Bonchev–Trinajstić information content (AvgIpc) is 2.44. The smallest absolute Gasteiger partial charge is 0.255 e. The lowest BCUT2D eigenvalue weighted by molar-refractivity contribution is 0.0951. The Labute approximate surface area is 117 Å². The number of nitrogens with one attached hydrogen (secondary N) is 1. The highest BCUT2D eigenvalue weighted by Gasteiger charge is 2.13. The molecule has 0 radical (unpaired) electrons. The Bertz CT molecular complexity index is 623. The van der Waals surface area contributed by atoms with Crippen molar-refractivity contribution in [2.45, 2.75) is 13.3 Å². The Hall–Kier alpha value is -2.49. The van der Waals surface area contributed by atoms with Crippen molar-refractivity contribution in [3.63, 3.8) is 0 Å². The zero-order chi connectivity index (χ0) is 14.5. The van der Waals surface area contributed by atoms with Gasteiger partial charge in [0.2, 0.25) is 0 Å². The third-order valence-electron chi connectivity index (χ3n) is 3.20. The van der Waals surface area contributed by atoms with Gasteiger partial charge in [-0.05, 0) is 36.6 Å². The molecule has 104 valence electrons. The number of phenolic OH excluding ortho intramolecular Hbond substituents is 2. The number of benzene rings is 2. The van der Waals surface area contributed by atoms with Crippen LogP contribution in [0.15, 0.2) is 42.5 Å². The zero-order valence-corrected chi connectivity index (χ0v) is 11.3. The van der Waals surface area contributed by atoms with Crippen LogP contribution in [0, 0.1) is 6.92 Å². The lowest BCUT2D eigenvalue weighted by atomic mass is 10.1. The molecule has 0 aliphatic carbocycles. The summed E-state index contributed by atoms with van der Waals surface area (Å²) in [6.45, 7) is 2.50. The van der Waals surface area contributed by atoms with E-state index in [-0.39, 0.29) is 17.1 Å². The lowest BCUT2D eigenvalue weighted by Gasteiger charge is -2.09. The summed E-state index contributed by atoms with van der Waals surface area (Å²) in [5.74, 6) is -1.08. The van der Waals surface area contributed by atoms with Gasteiger partial charge in [-0.1, -0.05) is 30.3 Å². The van der Waals surface area contributed by atoms with Crippen LogP contribution < -0.4 is 5.32 Å². The number of para-hydroxylation sites is 1. The summed E-state index contributed by atoms with van der Waals surface area (Å²) in [5, 5.41) is 21.7. The van der Waals surface area contributed by atoms with E-state index in [1.807, 2.05) is 31.2 Å². The lowest BCUT2D eigenvalue weighted by Crippen LogP contribution is -2.25. The summed E-state index contributed by atoms with van der Waals surface area (Å²) in [5.41, 5.74) is 2.43. The molecule has 4 heteroatoms. The highest BCUT2D eigenvalue weighted by atomic mass is 16.3.